The maximum absolute atomic E-state index is 14.0. The fraction of sp³-hybridized carbons (Fsp3) is 0.283. The van der Waals surface area contributed by atoms with Crippen LogP contribution in [0.1, 0.15) is 87.7 Å². The Labute approximate surface area is 379 Å². The summed E-state index contributed by atoms with van der Waals surface area (Å²) in [6, 6.07) is 29.5. The molecular formula is C53H53N5O7. The summed E-state index contributed by atoms with van der Waals surface area (Å²) in [5.41, 5.74) is 10.4. The predicted molar refractivity (Wildman–Crippen MR) is 253 cm³/mol. The van der Waals surface area contributed by atoms with Crippen molar-refractivity contribution in [3.63, 3.8) is 0 Å². The van der Waals surface area contributed by atoms with Gasteiger partial charge in [0.25, 0.3) is 11.8 Å². The van der Waals surface area contributed by atoms with Gasteiger partial charge in [-0.25, -0.2) is 0 Å². The van der Waals surface area contributed by atoms with Gasteiger partial charge in [-0.05, 0) is 81.3 Å². The molecule has 332 valence electrons. The van der Waals surface area contributed by atoms with Crippen LogP contribution in [0.4, 0.5) is 11.4 Å². The summed E-state index contributed by atoms with van der Waals surface area (Å²) < 4.78 is 29.8. The Morgan fingerprint density at radius 1 is 0.600 bits per heavy atom. The molecule has 0 saturated heterocycles. The summed E-state index contributed by atoms with van der Waals surface area (Å²) in [4.78, 5) is 41.1. The van der Waals surface area contributed by atoms with E-state index in [9.17, 15) is 9.59 Å². The predicted octanol–water partition coefficient (Wildman–Crippen LogP) is 9.87. The number of hydrogen-bond acceptors (Lipinski definition) is 10. The number of amides is 2. The van der Waals surface area contributed by atoms with Gasteiger partial charge < -0.3 is 38.8 Å². The molecule has 2 amide bonds. The lowest BCUT2D eigenvalue weighted by molar-refractivity contribution is 0.0809. The fourth-order valence-corrected chi connectivity index (χ4v) is 8.65. The van der Waals surface area contributed by atoms with Crippen LogP contribution in [0, 0.1) is 0 Å². The largest absolute Gasteiger partial charge is 0.497 e. The highest BCUT2D eigenvalue weighted by molar-refractivity contribution is 6.06. The van der Waals surface area contributed by atoms with Gasteiger partial charge in [0.1, 0.15) is 19.0 Å². The number of benzene rings is 5. The zero-order valence-electron chi connectivity index (χ0n) is 37.6. The van der Waals surface area contributed by atoms with Gasteiger partial charge in [-0.15, -0.1) is 0 Å². The van der Waals surface area contributed by atoms with Crippen LogP contribution in [-0.2, 0) is 26.2 Å². The molecule has 0 spiro atoms. The Bertz CT molecular complexity index is 2580. The smallest absolute Gasteiger partial charge is 0.260 e. The zero-order chi connectivity index (χ0) is 45.2. The average molecular weight is 872 g/mol. The van der Waals surface area contributed by atoms with Gasteiger partial charge in [0.15, 0.2) is 23.0 Å². The van der Waals surface area contributed by atoms with Crippen LogP contribution in [0.2, 0.25) is 0 Å². The SMILES string of the molecule is CCc1ccc(C2=CN3C(=O)c4cc(OC)c(OCc5cc(CNC(C)C)cc(COc6cc7c(cc6OC)C(=O)N6C=C(c8ccc(OC)cc8)CC6C=N7)c5)cc4N=CC3C2)cc1. The summed E-state index contributed by atoms with van der Waals surface area (Å²) in [5, 5.41) is 3.52. The van der Waals surface area contributed by atoms with Gasteiger partial charge in [0.05, 0.1) is 55.9 Å². The van der Waals surface area contributed by atoms with Crippen molar-refractivity contribution in [3.05, 3.63) is 148 Å². The number of rotatable bonds is 15. The van der Waals surface area contributed by atoms with Crippen molar-refractivity contribution >= 4 is 46.8 Å². The topological polar surface area (TPSA) is 124 Å². The molecule has 0 aromatic heterocycles. The Kier molecular flexibility index (Phi) is 12.3. The number of ether oxygens (including phenoxy) is 5. The molecule has 0 aliphatic carbocycles. The van der Waals surface area contributed by atoms with Crippen molar-refractivity contribution in [2.75, 3.05) is 21.3 Å². The summed E-state index contributed by atoms with van der Waals surface area (Å²) >= 11 is 0. The highest BCUT2D eigenvalue weighted by atomic mass is 16.5. The molecular weight excluding hydrogens is 819 g/mol. The van der Waals surface area contributed by atoms with E-state index in [1.807, 2.05) is 55.2 Å². The Morgan fingerprint density at radius 2 is 1.08 bits per heavy atom. The molecule has 4 aliphatic heterocycles. The lowest BCUT2D eigenvalue weighted by Gasteiger charge is -2.19. The molecule has 0 saturated carbocycles. The normalized spacial score (nSPS) is 17.2. The van der Waals surface area contributed by atoms with Crippen LogP contribution in [0.3, 0.4) is 0 Å². The van der Waals surface area contributed by atoms with E-state index in [2.05, 4.69) is 62.5 Å². The van der Waals surface area contributed by atoms with Gasteiger partial charge in [-0.1, -0.05) is 69.3 Å². The van der Waals surface area contributed by atoms with Gasteiger partial charge in [-0.3, -0.25) is 19.6 Å². The number of carbonyl (C=O) groups excluding carboxylic acids is 2. The first-order valence-electron chi connectivity index (χ1n) is 22.0. The molecule has 12 nitrogen and oxygen atoms in total. The highest BCUT2D eigenvalue weighted by Crippen LogP contribution is 2.42. The molecule has 2 unspecified atom stereocenters. The van der Waals surface area contributed by atoms with Crippen molar-refractivity contribution < 1.29 is 33.3 Å². The molecule has 4 heterocycles. The van der Waals surface area contributed by atoms with Crippen molar-refractivity contribution in [1.82, 2.24) is 15.1 Å². The zero-order valence-corrected chi connectivity index (χ0v) is 37.6. The van der Waals surface area contributed by atoms with E-state index >= 15 is 0 Å². The number of aliphatic imine (C=N–C) groups is 2. The number of carbonyl (C=O) groups is 2. The van der Waals surface area contributed by atoms with E-state index in [0.717, 1.165) is 51.1 Å². The monoisotopic (exact) mass is 871 g/mol. The van der Waals surface area contributed by atoms with Gasteiger partial charge in [0.2, 0.25) is 0 Å². The first-order valence-corrected chi connectivity index (χ1v) is 22.0. The van der Waals surface area contributed by atoms with Crippen molar-refractivity contribution in [2.45, 2.75) is 77.9 Å². The third-order valence-corrected chi connectivity index (χ3v) is 12.2. The molecule has 2 atom stereocenters. The second-order valence-electron chi connectivity index (χ2n) is 16.9. The van der Waals surface area contributed by atoms with Crippen LogP contribution in [0.15, 0.2) is 113 Å². The summed E-state index contributed by atoms with van der Waals surface area (Å²) in [6.45, 7) is 7.43. The summed E-state index contributed by atoms with van der Waals surface area (Å²) in [6.07, 6.45) is 9.85. The van der Waals surface area contributed by atoms with Crippen LogP contribution >= 0.6 is 0 Å². The van der Waals surface area contributed by atoms with E-state index in [1.54, 1.807) is 55.4 Å². The number of aryl methyl sites for hydroxylation is 1. The number of nitrogens with zero attached hydrogens (tertiary/aromatic N) is 4. The highest BCUT2D eigenvalue weighted by Gasteiger charge is 2.35. The second-order valence-corrected chi connectivity index (χ2v) is 16.9. The van der Waals surface area contributed by atoms with Crippen LogP contribution in [0.5, 0.6) is 28.7 Å². The minimum atomic E-state index is -0.218. The summed E-state index contributed by atoms with van der Waals surface area (Å²) in [7, 11) is 4.78. The van der Waals surface area contributed by atoms with E-state index in [1.165, 1.54) is 5.56 Å². The lowest BCUT2D eigenvalue weighted by Crippen LogP contribution is -2.32. The van der Waals surface area contributed by atoms with Gasteiger partial charge in [-0.2, -0.15) is 0 Å². The molecule has 0 bridgehead atoms. The lowest BCUT2D eigenvalue weighted by atomic mass is 10.0. The molecule has 12 heteroatoms. The maximum atomic E-state index is 14.0. The van der Waals surface area contributed by atoms with Crippen LogP contribution in [-0.4, -0.2) is 73.5 Å². The quantitative estimate of drug-likeness (QED) is 0.110. The molecule has 4 aliphatic rings. The molecule has 0 fully saturated rings. The first-order chi connectivity index (χ1) is 31.6. The Morgan fingerprint density at radius 3 is 1.52 bits per heavy atom. The third-order valence-electron chi connectivity index (χ3n) is 12.2. The number of fused-ring (bicyclic) bond motifs is 4. The van der Waals surface area contributed by atoms with E-state index in [0.29, 0.717) is 64.9 Å². The average Bonchev–Trinajstić information content (AvgIpc) is 3.92. The number of hydrogen-bond donors (Lipinski definition) is 1. The standard InChI is InChI=1S/C53H53N5O7/c1-7-33-8-10-37(11-9-33)39-19-41-26-55-46-23-50(48(62-5)21-44(46)52(59)57(41)28-39)64-30-35-16-34(25-54-32(2)3)17-36(18-35)31-65-51-24-47-45(22-49(51)63-6)53(60)58-29-40(20-42(58)27-56-47)38-12-14-43(61-4)15-13-38/h8-18,21-24,26-29,32,41-42,54H,7,19-20,25,30-31H2,1-6H3. The Balaban J connectivity index is 0.920. The number of nitrogens with one attached hydrogen (secondary N) is 1. The molecule has 9 rings (SSSR count). The first kappa shape index (κ1) is 43.1. The number of methoxy groups -OCH3 is 3. The molecule has 1 N–H and O–H groups in total. The van der Waals surface area contributed by atoms with Gasteiger partial charge >= 0.3 is 0 Å². The summed E-state index contributed by atoms with van der Waals surface area (Å²) in [5.74, 6) is 2.31. The second kappa shape index (κ2) is 18.5. The maximum Gasteiger partial charge on any atom is 0.260 e. The molecule has 0 radical (unpaired) electrons. The molecule has 65 heavy (non-hydrogen) atoms. The van der Waals surface area contributed by atoms with E-state index in [4.69, 9.17) is 33.7 Å². The molecule has 5 aromatic carbocycles. The minimum absolute atomic E-state index is 0.135. The van der Waals surface area contributed by atoms with Gasteiger partial charge in [0, 0.05) is 62.4 Å². The van der Waals surface area contributed by atoms with Crippen LogP contribution < -0.4 is 29.0 Å². The fourth-order valence-electron chi connectivity index (χ4n) is 8.65. The Hall–Kier alpha value is -7.18. The van der Waals surface area contributed by atoms with Crippen molar-refractivity contribution in [2.24, 2.45) is 9.98 Å². The van der Waals surface area contributed by atoms with Crippen LogP contribution in [0.25, 0.3) is 11.1 Å². The van der Waals surface area contributed by atoms with E-state index < -0.39 is 0 Å². The van der Waals surface area contributed by atoms with Crippen molar-refractivity contribution in [3.8, 4) is 28.7 Å². The molecule has 5 aromatic rings. The minimum Gasteiger partial charge on any atom is -0.497 e. The van der Waals surface area contributed by atoms with Crippen molar-refractivity contribution in [1.29, 1.82) is 0 Å². The van der Waals surface area contributed by atoms with E-state index in [-0.39, 0.29) is 43.2 Å². The third kappa shape index (κ3) is 8.99.